The second kappa shape index (κ2) is 3.29. The van der Waals surface area contributed by atoms with Gasteiger partial charge in [-0.15, -0.1) is 0 Å². The number of hydrogen-bond donors (Lipinski definition) is 1. The van der Waals surface area contributed by atoms with E-state index in [0.29, 0.717) is 5.91 Å². The van der Waals surface area contributed by atoms with Crippen molar-refractivity contribution in [1.29, 1.82) is 0 Å². The fourth-order valence-corrected chi connectivity index (χ4v) is 2.20. The van der Waals surface area contributed by atoms with Crippen molar-refractivity contribution in [2.24, 2.45) is 5.73 Å². The topological polar surface area (TPSA) is 46.3 Å². The lowest BCUT2D eigenvalue weighted by Gasteiger charge is -2.42. The molecular formula is C10H18N2O. The first-order chi connectivity index (χ1) is 6.20. The van der Waals surface area contributed by atoms with Crippen LogP contribution in [-0.4, -0.2) is 29.4 Å². The van der Waals surface area contributed by atoms with Gasteiger partial charge in [-0.05, 0) is 32.1 Å². The standard InChI is InChI=1S/C10H18N2O/c11-10(5-3-6-10)8-12-7-2-1-4-9(12)13/h1-8,11H2. The largest absolute Gasteiger partial charge is 0.341 e. The molecule has 0 atom stereocenters. The van der Waals surface area contributed by atoms with Gasteiger partial charge in [-0.3, -0.25) is 4.79 Å². The first-order valence-electron chi connectivity index (χ1n) is 5.26. The van der Waals surface area contributed by atoms with Crippen molar-refractivity contribution in [2.45, 2.75) is 44.1 Å². The molecule has 3 heteroatoms. The molecule has 1 heterocycles. The Kier molecular flexibility index (Phi) is 2.28. The second-order valence-corrected chi connectivity index (χ2v) is 4.49. The summed E-state index contributed by atoms with van der Waals surface area (Å²) in [6, 6.07) is 0. The molecule has 1 saturated heterocycles. The second-order valence-electron chi connectivity index (χ2n) is 4.49. The van der Waals surface area contributed by atoms with E-state index in [-0.39, 0.29) is 5.54 Å². The number of nitrogens with two attached hydrogens (primary N) is 1. The third-order valence-corrected chi connectivity index (χ3v) is 3.28. The summed E-state index contributed by atoms with van der Waals surface area (Å²) in [6.07, 6.45) is 6.37. The van der Waals surface area contributed by atoms with Crippen molar-refractivity contribution in [3.8, 4) is 0 Å². The Morgan fingerprint density at radius 1 is 1.31 bits per heavy atom. The van der Waals surface area contributed by atoms with Crippen LogP contribution in [0.5, 0.6) is 0 Å². The van der Waals surface area contributed by atoms with Crippen molar-refractivity contribution < 1.29 is 4.79 Å². The summed E-state index contributed by atoms with van der Waals surface area (Å²) < 4.78 is 0. The first kappa shape index (κ1) is 9.00. The number of carbonyl (C=O) groups excluding carboxylic acids is 1. The molecule has 74 valence electrons. The number of carbonyl (C=O) groups is 1. The minimum atomic E-state index is -0.0347. The molecule has 13 heavy (non-hydrogen) atoms. The van der Waals surface area contributed by atoms with Gasteiger partial charge in [0.2, 0.25) is 5.91 Å². The van der Waals surface area contributed by atoms with Crippen molar-refractivity contribution in [3.05, 3.63) is 0 Å². The van der Waals surface area contributed by atoms with E-state index in [9.17, 15) is 4.79 Å². The Morgan fingerprint density at radius 3 is 2.62 bits per heavy atom. The Hall–Kier alpha value is -0.570. The third kappa shape index (κ3) is 1.85. The summed E-state index contributed by atoms with van der Waals surface area (Å²) in [7, 11) is 0. The van der Waals surface area contributed by atoms with Gasteiger partial charge in [0.05, 0.1) is 0 Å². The lowest BCUT2D eigenvalue weighted by atomic mass is 9.77. The van der Waals surface area contributed by atoms with Crippen LogP contribution >= 0.6 is 0 Å². The molecular weight excluding hydrogens is 164 g/mol. The predicted molar refractivity (Wildman–Crippen MR) is 51.2 cm³/mol. The molecule has 0 aromatic carbocycles. The van der Waals surface area contributed by atoms with Gasteiger partial charge < -0.3 is 10.6 Å². The minimum Gasteiger partial charge on any atom is -0.341 e. The van der Waals surface area contributed by atoms with Crippen molar-refractivity contribution >= 4 is 5.91 Å². The summed E-state index contributed by atoms with van der Waals surface area (Å²) in [5, 5.41) is 0. The van der Waals surface area contributed by atoms with Gasteiger partial charge in [0.15, 0.2) is 0 Å². The maximum Gasteiger partial charge on any atom is 0.222 e. The molecule has 2 rings (SSSR count). The maximum atomic E-state index is 11.5. The fourth-order valence-electron chi connectivity index (χ4n) is 2.20. The Morgan fingerprint density at radius 2 is 2.08 bits per heavy atom. The number of likely N-dealkylation sites (tertiary alicyclic amines) is 1. The van der Waals surface area contributed by atoms with E-state index in [0.717, 1.165) is 45.2 Å². The summed E-state index contributed by atoms with van der Waals surface area (Å²) >= 11 is 0. The van der Waals surface area contributed by atoms with E-state index in [4.69, 9.17) is 5.73 Å². The van der Waals surface area contributed by atoms with Gasteiger partial charge in [-0.2, -0.15) is 0 Å². The van der Waals surface area contributed by atoms with Gasteiger partial charge in [0, 0.05) is 25.0 Å². The number of amides is 1. The molecule has 0 bridgehead atoms. The lowest BCUT2D eigenvalue weighted by molar-refractivity contribution is -0.134. The zero-order valence-corrected chi connectivity index (χ0v) is 8.09. The van der Waals surface area contributed by atoms with Gasteiger partial charge in [-0.25, -0.2) is 0 Å². The molecule has 2 N–H and O–H groups in total. The van der Waals surface area contributed by atoms with Gasteiger partial charge in [-0.1, -0.05) is 0 Å². The Labute approximate surface area is 79.3 Å². The van der Waals surface area contributed by atoms with Gasteiger partial charge >= 0.3 is 0 Å². The van der Waals surface area contributed by atoms with E-state index in [1.807, 2.05) is 4.90 Å². The molecule has 1 amide bonds. The predicted octanol–water partition coefficient (Wildman–Crippen LogP) is 0.880. The third-order valence-electron chi connectivity index (χ3n) is 3.28. The van der Waals surface area contributed by atoms with Crippen molar-refractivity contribution in [2.75, 3.05) is 13.1 Å². The summed E-state index contributed by atoms with van der Waals surface area (Å²) in [5.41, 5.74) is 6.07. The van der Waals surface area contributed by atoms with Crippen LogP contribution in [-0.2, 0) is 4.79 Å². The Bertz CT molecular complexity index is 211. The van der Waals surface area contributed by atoms with E-state index < -0.39 is 0 Å². The molecule has 0 unspecified atom stereocenters. The highest BCUT2D eigenvalue weighted by atomic mass is 16.2. The van der Waals surface area contributed by atoms with Crippen LogP contribution in [0.2, 0.25) is 0 Å². The van der Waals surface area contributed by atoms with E-state index in [1.54, 1.807) is 0 Å². The average Bonchev–Trinajstić information content (AvgIpc) is 2.06. The molecule has 2 aliphatic rings. The SMILES string of the molecule is NC1(CN2CCCCC2=O)CCC1. The Balaban J connectivity index is 1.88. The van der Waals surface area contributed by atoms with E-state index in [2.05, 4.69) is 0 Å². The smallest absolute Gasteiger partial charge is 0.222 e. The molecule has 2 fully saturated rings. The molecule has 0 radical (unpaired) electrons. The monoisotopic (exact) mass is 182 g/mol. The van der Waals surface area contributed by atoms with Crippen LogP contribution in [0, 0.1) is 0 Å². The summed E-state index contributed by atoms with van der Waals surface area (Å²) in [6.45, 7) is 1.73. The number of rotatable bonds is 2. The van der Waals surface area contributed by atoms with Crippen molar-refractivity contribution in [3.63, 3.8) is 0 Å². The molecule has 1 aliphatic carbocycles. The van der Waals surface area contributed by atoms with Crippen LogP contribution in [0.4, 0.5) is 0 Å². The highest BCUT2D eigenvalue weighted by Gasteiger charge is 2.35. The maximum absolute atomic E-state index is 11.5. The fraction of sp³-hybridized carbons (Fsp3) is 0.900. The molecule has 0 aromatic heterocycles. The number of hydrogen-bond acceptors (Lipinski definition) is 2. The van der Waals surface area contributed by atoms with Crippen LogP contribution in [0.25, 0.3) is 0 Å². The lowest BCUT2D eigenvalue weighted by Crippen LogP contribution is -2.56. The molecule has 0 spiro atoms. The zero-order valence-electron chi connectivity index (χ0n) is 8.09. The van der Waals surface area contributed by atoms with Crippen LogP contribution in [0.1, 0.15) is 38.5 Å². The summed E-state index contributed by atoms with van der Waals surface area (Å²) in [5.74, 6) is 0.308. The highest BCUT2D eigenvalue weighted by molar-refractivity contribution is 5.76. The molecule has 1 saturated carbocycles. The van der Waals surface area contributed by atoms with Crippen LogP contribution in [0.15, 0.2) is 0 Å². The average molecular weight is 182 g/mol. The zero-order chi connectivity index (χ0) is 9.31. The number of piperidine rings is 1. The molecule has 3 nitrogen and oxygen atoms in total. The molecule has 0 aromatic rings. The number of nitrogens with zero attached hydrogens (tertiary/aromatic N) is 1. The van der Waals surface area contributed by atoms with Crippen LogP contribution in [0.3, 0.4) is 0 Å². The van der Waals surface area contributed by atoms with E-state index in [1.165, 1.54) is 6.42 Å². The highest BCUT2D eigenvalue weighted by Crippen LogP contribution is 2.30. The quantitative estimate of drug-likeness (QED) is 0.689. The normalized spacial score (nSPS) is 27.2. The minimum absolute atomic E-state index is 0.0347. The van der Waals surface area contributed by atoms with E-state index >= 15 is 0 Å². The van der Waals surface area contributed by atoms with Crippen molar-refractivity contribution in [1.82, 2.24) is 4.90 Å². The molecule has 1 aliphatic heterocycles. The first-order valence-corrected chi connectivity index (χ1v) is 5.26. The van der Waals surface area contributed by atoms with Gasteiger partial charge in [0.1, 0.15) is 0 Å². The van der Waals surface area contributed by atoms with Crippen LogP contribution < -0.4 is 5.73 Å². The summed E-state index contributed by atoms with van der Waals surface area (Å²) in [4.78, 5) is 13.4. The van der Waals surface area contributed by atoms with Gasteiger partial charge in [0.25, 0.3) is 0 Å².